The Labute approximate surface area is 164 Å². The Morgan fingerprint density at radius 1 is 1.10 bits per heavy atom. The Balaban J connectivity index is 1.54. The number of anilines is 1. The summed E-state index contributed by atoms with van der Waals surface area (Å²) in [6, 6.07) is 10.3. The fourth-order valence-corrected chi connectivity index (χ4v) is 4.82. The largest absolute Gasteiger partial charge is 0.424 e. The molecule has 152 valence electrons. The molecule has 0 saturated heterocycles. The van der Waals surface area contributed by atoms with Gasteiger partial charge in [0.15, 0.2) is 6.17 Å². The van der Waals surface area contributed by atoms with E-state index in [0.29, 0.717) is 43.5 Å². The minimum Gasteiger partial charge on any atom is -0.374 e. The van der Waals surface area contributed by atoms with E-state index in [9.17, 15) is 27.5 Å². The van der Waals surface area contributed by atoms with E-state index in [-0.39, 0.29) is 17.4 Å². The number of alkyl halides is 4. The highest BCUT2D eigenvalue weighted by Crippen LogP contribution is 2.60. The summed E-state index contributed by atoms with van der Waals surface area (Å²) in [6.45, 7) is 0.448. The van der Waals surface area contributed by atoms with Crippen LogP contribution in [0.3, 0.4) is 0 Å². The van der Waals surface area contributed by atoms with Gasteiger partial charge in [-0.1, -0.05) is 24.3 Å². The number of nitrogens with zero attached hydrogens (tertiary/aromatic N) is 1. The summed E-state index contributed by atoms with van der Waals surface area (Å²) < 4.78 is 54.2. The third-order valence-electron chi connectivity index (χ3n) is 6.52. The van der Waals surface area contributed by atoms with Crippen LogP contribution in [0.5, 0.6) is 0 Å². The summed E-state index contributed by atoms with van der Waals surface area (Å²) >= 11 is 0. The first kappa shape index (κ1) is 18.6. The molecule has 1 N–H and O–H groups in total. The SMILES string of the molecule is O=C(C1Cc2ccccc21)N1CCCCc2cc3c(cc21)C(F)C3(O)C(F)(F)F. The Bertz CT molecular complexity index is 1020. The Kier molecular flexibility index (Phi) is 3.88. The van der Waals surface area contributed by atoms with Gasteiger partial charge in [0, 0.05) is 17.8 Å². The lowest BCUT2D eigenvalue weighted by Gasteiger charge is -2.44. The van der Waals surface area contributed by atoms with Crippen molar-refractivity contribution in [2.45, 2.75) is 49.6 Å². The van der Waals surface area contributed by atoms with Crippen LogP contribution in [0.25, 0.3) is 0 Å². The van der Waals surface area contributed by atoms with Crippen molar-refractivity contribution < 1.29 is 27.5 Å². The summed E-state index contributed by atoms with van der Waals surface area (Å²) in [5.41, 5.74) is -0.957. The Morgan fingerprint density at radius 2 is 1.86 bits per heavy atom. The molecule has 1 aliphatic heterocycles. The Morgan fingerprint density at radius 3 is 2.59 bits per heavy atom. The van der Waals surface area contributed by atoms with Crippen molar-refractivity contribution in [3.05, 3.63) is 64.2 Å². The number of carbonyl (C=O) groups is 1. The van der Waals surface area contributed by atoms with E-state index < -0.39 is 23.5 Å². The quantitative estimate of drug-likeness (QED) is 0.712. The van der Waals surface area contributed by atoms with Crippen molar-refractivity contribution in [1.29, 1.82) is 0 Å². The summed E-state index contributed by atoms with van der Waals surface area (Å²) in [6.07, 6.45) is -5.11. The molecule has 0 aromatic heterocycles. The highest BCUT2D eigenvalue weighted by atomic mass is 19.4. The van der Waals surface area contributed by atoms with E-state index >= 15 is 0 Å². The molecule has 0 bridgehead atoms. The molecule has 1 amide bonds. The molecule has 2 aliphatic carbocycles. The second kappa shape index (κ2) is 6.05. The fourth-order valence-electron chi connectivity index (χ4n) is 4.82. The molecule has 29 heavy (non-hydrogen) atoms. The van der Waals surface area contributed by atoms with Crippen LogP contribution < -0.4 is 4.90 Å². The first-order valence-corrected chi connectivity index (χ1v) is 9.73. The van der Waals surface area contributed by atoms with Gasteiger partial charge in [-0.05, 0) is 60.1 Å². The second-order valence-electron chi connectivity index (χ2n) is 8.10. The van der Waals surface area contributed by atoms with Gasteiger partial charge in [0.2, 0.25) is 11.5 Å². The maximum Gasteiger partial charge on any atom is 0.424 e. The number of hydrogen-bond acceptors (Lipinski definition) is 2. The van der Waals surface area contributed by atoms with Crippen molar-refractivity contribution in [3.63, 3.8) is 0 Å². The summed E-state index contributed by atoms with van der Waals surface area (Å²) in [5, 5.41) is 9.98. The molecule has 0 spiro atoms. The van der Waals surface area contributed by atoms with Crippen LogP contribution in [0.2, 0.25) is 0 Å². The van der Waals surface area contributed by atoms with Gasteiger partial charge in [-0.15, -0.1) is 0 Å². The van der Waals surface area contributed by atoms with E-state index in [0.717, 1.165) is 11.1 Å². The number of halogens is 4. The summed E-state index contributed by atoms with van der Waals surface area (Å²) in [7, 11) is 0. The lowest BCUT2D eigenvalue weighted by atomic mass is 9.69. The molecule has 2 aromatic rings. The van der Waals surface area contributed by atoms with E-state index in [4.69, 9.17) is 0 Å². The molecule has 0 saturated carbocycles. The van der Waals surface area contributed by atoms with Gasteiger partial charge >= 0.3 is 6.18 Å². The smallest absolute Gasteiger partial charge is 0.374 e. The predicted octanol–water partition coefficient (Wildman–Crippen LogP) is 4.47. The van der Waals surface area contributed by atoms with Gasteiger partial charge in [0.05, 0.1) is 5.92 Å². The average Bonchev–Trinajstić information content (AvgIpc) is 2.88. The minimum absolute atomic E-state index is 0.104. The normalized spacial score (nSPS) is 27.7. The van der Waals surface area contributed by atoms with Crippen LogP contribution in [0.4, 0.5) is 23.2 Å². The first-order chi connectivity index (χ1) is 13.7. The van der Waals surface area contributed by atoms with Crippen LogP contribution >= 0.6 is 0 Å². The number of fused-ring (bicyclic) bond motifs is 3. The second-order valence-corrected chi connectivity index (χ2v) is 8.10. The predicted molar refractivity (Wildman–Crippen MR) is 98.4 cm³/mol. The molecule has 3 aliphatic rings. The lowest BCUT2D eigenvalue weighted by molar-refractivity contribution is -0.302. The molecular formula is C22H19F4NO2. The molecule has 3 nitrogen and oxygen atoms in total. The highest BCUT2D eigenvalue weighted by Gasteiger charge is 2.68. The molecule has 2 aromatic carbocycles. The first-order valence-electron chi connectivity index (χ1n) is 9.73. The Hall–Kier alpha value is -2.41. The monoisotopic (exact) mass is 405 g/mol. The zero-order valence-corrected chi connectivity index (χ0v) is 15.5. The zero-order valence-electron chi connectivity index (χ0n) is 15.5. The third-order valence-corrected chi connectivity index (χ3v) is 6.52. The minimum atomic E-state index is -5.09. The zero-order chi connectivity index (χ0) is 20.6. The topological polar surface area (TPSA) is 40.5 Å². The number of aliphatic hydroxyl groups is 1. The van der Waals surface area contributed by atoms with E-state index in [1.807, 2.05) is 24.3 Å². The van der Waals surface area contributed by atoms with Gasteiger partial charge < -0.3 is 10.0 Å². The average molecular weight is 405 g/mol. The van der Waals surface area contributed by atoms with Crippen molar-refractivity contribution in [1.82, 2.24) is 0 Å². The number of hydrogen-bond donors (Lipinski definition) is 1. The van der Waals surface area contributed by atoms with Crippen molar-refractivity contribution >= 4 is 11.6 Å². The van der Waals surface area contributed by atoms with Crippen LogP contribution in [-0.2, 0) is 23.2 Å². The summed E-state index contributed by atoms with van der Waals surface area (Å²) in [4.78, 5) is 14.8. The number of amides is 1. The molecule has 7 heteroatoms. The molecular weight excluding hydrogens is 386 g/mol. The van der Waals surface area contributed by atoms with Gasteiger partial charge in [-0.25, -0.2) is 4.39 Å². The van der Waals surface area contributed by atoms with Crippen LogP contribution in [0, 0.1) is 0 Å². The number of benzene rings is 2. The van der Waals surface area contributed by atoms with Crippen molar-refractivity contribution in [2.24, 2.45) is 0 Å². The van der Waals surface area contributed by atoms with Crippen LogP contribution in [0.1, 0.15) is 52.7 Å². The molecule has 3 unspecified atom stereocenters. The van der Waals surface area contributed by atoms with Crippen LogP contribution in [-0.4, -0.2) is 23.7 Å². The van der Waals surface area contributed by atoms with Gasteiger partial charge in [-0.3, -0.25) is 4.79 Å². The molecule has 0 radical (unpaired) electrons. The number of aryl methyl sites for hydroxylation is 1. The van der Waals surface area contributed by atoms with Crippen LogP contribution in [0.15, 0.2) is 36.4 Å². The molecule has 5 rings (SSSR count). The lowest BCUT2D eigenvalue weighted by Crippen LogP contribution is -2.53. The third kappa shape index (κ3) is 2.43. The van der Waals surface area contributed by atoms with Gasteiger partial charge in [0.25, 0.3) is 0 Å². The highest BCUT2D eigenvalue weighted by molar-refractivity contribution is 6.00. The van der Waals surface area contributed by atoms with Crippen molar-refractivity contribution in [2.75, 3.05) is 11.4 Å². The maximum atomic E-state index is 14.4. The van der Waals surface area contributed by atoms with E-state index in [1.165, 1.54) is 12.1 Å². The van der Waals surface area contributed by atoms with E-state index in [2.05, 4.69) is 0 Å². The number of rotatable bonds is 1. The van der Waals surface area contributed by atoms with Crippen molar-refractivity contribution in [3.8, 4) is 0 Å². The molecule has 1 heterocycles. The van der Waals surface area contributed by atoms with Gasteiger partial charge in [-0.2, -0.15) is 13.2 Å². The molecule has 0 fully saturated rings. The fraction of sp³-hybridized carbons (Fsp3) is 0.409. The standard InChI is InChI=1S/C22H19F4NO2/c23-19-16-11-18-13(10-17(16)21(19,29)22(24,25)26)6-3-4-8-27(18)20(28)15-9-12-5-1-2-7-14(12)15/h1-2,5,7,10-11,15,19,29H,3-4,6,8-9H2. The summed E-state index contributed by atoms with van der Waals surface area (Å²) in [5.74, 6) is -0.385. The van der Waals surface area contributed by atoms with E-state index in [1.54, 1.807) is 4.90 Å². The number of carbonyl (C=O) groups excluding carboxylic acids is 1. The van der Waals surface area contributed by atoms with Gasteiger partial charge in [0.1, 0.15) is 0 Å². The maximum absolute atomic E-state index is 14.4. The molecule has 3 atom stereocenters.